The number of nitrogens with zero attached hydrogens (tertiary/aromatic N) is 8. The first-order valence-corrected chi connectivity index (χ1v) is 8.08. The Bertz CT molecular complexity index is 796. The molecular weight excluding hydrogens is 300 g/mol. The van der Waals surface area contributed by atoms with Crippen LogP contribution in [-0.4, -0.2) is 55.9 Å². The van der Waals surface area contributed by atoms with Crippen molar-refractivity contribution in [2.24, 2.45) is 0 Å². The fourth-order valence-electron chi connectivity index (χ4n) is 2.73. The Morgan fingerprint density at radius 3 is 2.95 bits per heavy atom. The van der Waals surface area contributed by atoms with Crippen molar-refractivity contribution in [3.8, 4) is 0 Å². The molecule has 1 atom stereocenters. The molecule has 1 unspecified atom stereocenters. The minimum absolute atomic E-state index is 0.380. The van der Waals surface area contributed by atoms with E-state index in [0.717, 1.165) is 36.3 Å². The van der Waals surface area contributed by atoms with E-state index in [2.05, 4.69) is 47.7 Å². The number of hydrogen-bond donors (Lipinski definition) is 0. The van der Waals surface area contributed by atoms with E-state index in [1.165, 1.54) is 4.63 Å². The van der Waals surface area contributed by atoms with Crippen LogP contribution in [0.3, 0.4) is 0 Å². The van der Waals surface area contributed by atoms with E-state index in [-0.39, 0.29) is 0 Å². The van der Waals surface area contributed by atoms with Crippen molar-refractivity contribution in [2.45, 2.75) is 19.9 Å². The summed E-state index contributed by atoms with van der Waals surface area (Å²) in [6.45, 7) is 7.00. The number of hydrogen-bond acceptors (Lipinski definition) is 8. The van der Waals surface area contributed by atoms with E-state index >= 15 is 0 Å². The molecule has 0 aliphatic carbocycles. The molecule has 22 heavy (non-hydrogen) atoms. The number of aromatic nitrogens is 6. The van der Waals surface area contributed by atoms with Gasteiger partial charge in [0.25, 0.3) is 0 Å². The standard InChI is InChI=1S/C13H16N8S/c1-9-8-22-13(14-9)20-6-5-19(7-10(20)2)12-4-3-11-15-17-18-21(11)16-12/h3-4,8,10H,5-7H2,1-2H3. The zero-order valence-electron chi connectivity index (χ0n) is 12.4. The summed E-state index contributed by atoms with van der Waals surface area (Å²) in [7, 11) is 0. The maximum Gasteiger partial charge on any atom is 0.200 e. The molecule has 1 fully saturated rings. The highest BCUT2D eigenvalue weighted by Gasteiger charge is 2.26. The number of anilines is 2. The Morgan fingerprint density at radius 1 is 1.27 bits per heavy atom. The van der Waals surface area contributed by atoms with Gasteiger partial charge in [-0.25, -0.2) is 4.98 Å². The maximum atomic E-state index is 4.60. The second-order valence-corrected chi connectivity index (χ2v) is 6.31. The maximum absolute atomic E-state index is 4.60. The van der Waals surface area contributed by atoms with Gasteiger partial charge in [-0.05, 0) is 36.4 Å². The van der Waals surface area contributed by atoms with Crippen molar-refractivity contribution in [2.75, 3.05) is 29.4 Å². The molecule has 1 aliphatic heterocycles. The number of fused-ring (bicyclic) bond motifs is 1. The molecule has 4 heterocycles. The highest BCUT2D eigenvalue weighted by atomic mass is 32.1. The Labute approximate surface area is 131 Å². The molecular formula is C13H16N8S. The van der Waals surface area contributed by atoms with Crippen LogP contribution in [0.25, 0.3) is 5.65 Å². The Hall–Kier alpha value is -2.29. The molecule has 0 N–H and O–H groups in total. The molecule has 0 amide bonds. The Kier molecular flexibility index (Phi) is 3.14. The zero-order valence-corrected chi connectivity index (χ0v) is 13.2. The lowest BCUT2D eigenvalue weighted by Gasteiger charge is -2.40. The molecule has 1 aliphatic rings. The minimum atomic E-state index is 0.380. The fraction of sp³-hybridized carbons (Fsp3) is 0.462. The van der Waals surface area contributed by atoms with Crippen molar-refractivity contribution in [1.82, 2.24) is 30.2 Å². The smallest absolute Gasteiger partial charge is 0.200 e. The number of thiazole rings is 1. The SMILES string of the molecule is Cc1csc(N2CCN(c3ccc4nnnn4n3)CC2C)n1. The van der Waals surface area contributed by atoms with Crippen molar-refractivity contribution < 1.29 is 0 Å². The third-order valence-corrected chi connectivity index (χ3v) is 4.86. The fourth-order valence-corrected chi connectivity index (χ4v) is 3.66. The van der Waals surface area contributed by atoms with Gasteiger partial charge < -0.3 is 9.80 Å². The van der Waals surface area contributed by atoms with Crippen LogP contribution >= 0.6 is 11.3 Å². The van der Waals surface area contributed by atoms with Crippen LogP contribution in [0.2, 0.25) is 0 Å². The van der Waals surface area contributed by atoms with E-state index in [1.807, 2.05) is 19.1 Å². The quantitative estimate of drug-likeness (QED) is 0.698. The van der Waals surface area contributed by atoms with Crippen molar-refractivity contribution in [3.05, 3.63) is 23.2 Å². The van der Waals surface area contributed by atoms with Gasteiger partial charge in [0, 0.05) is 31.1 Å². The van der Waals surface area contributed by atoms with Crippen LogP contribution in [0.4, 0.5) is 10.9 Å². The molecule has 0 radical (unpaired) electrons. The van der Waals surface area contributed by atoms with Crippen LogP contribution in [0.1, 0.15) is 12.6 Å². The predicted octanol–water partition coefficient (Wildman–Crippen LogP) is 0.999. The van der Waals surface area contributed by atoms with Gasteiger partial charge in [0.05, 0.1) is 5.69 Å². The summed E-state index contributed by atoms with van der Waals surface area (Å²) in [4.78, 5) is 9.23. The first-order chi connectivity index (χ1) is 10.7. The Balaban J connectivity index is 1.54. The molecule has 9 heteroatoms. The molecule has 0 aromatic carbocycles. The third-order valence-electron chi connectivity index (χ3n) is 3.86. The van der Waals surface area contributed by atoms with E-state index in [9.17, 15) is 0 Å². The van der Waals surface area contributed by atoms with Crippen LogP contribution in [0, 0.1) is 6.92 Å². The minimum Gasteiger partial charge on any atom is -0.351 e. The van der Waals surface area contributed by atoms with E-state index in [1.54, 1.807) is 11.3 Å². The summed E-state index contributed by atoms with van der Waals surface area (Å²) in [5.41, 5.74) is 1.74. The third kappa shape index (κ3) is 2.27. The predicted molar refractivity (Wildman–Crippen MR) is 84.4 cm³/mol. The molecule has 4 rings (SSSR count). The molecule has 114 valence electrons. The number of tetrazole rings is 1. The summed E-state index contributed by atoms with van der Waals surface area (Å²) < 4.78 is 1.47. The summed E-state index contributed by atoms with van der Waals surface area (Å²) in [5.74, 6) is 0.904. The summed E-state index contributed by atoms with van der Waals surface area (Å²) in [6, 6.07) is 4.25. The first kappa shape index (κ1) is 13.4. The topological polar surface area (TPSA) is 75.3 Å². The van der Waals surface area contributed by atoms with Gasteiger partial charge in [-0.15, -0.1) is 26.2 Å². The molecule has 1 saturated heterocycles. The summed E-state index contributed by atoms with van der Waals surface area (Å²) in [6.07, 6.45) is 0. The van der Waals surface area contributed by atoms with Crippen LogP contribution in [0.15, 0.2) is 17.5 Å². The number of aryl methyl sites for hydroxylation is 1. The lowest BCUT2D eigenvalue weighted by molar-refractivity contribution is 0.541. The summed E-state index contributed by atoms with van der Waals surface area (Å²) in [5, 5.41) is 19.0. The average molecular weight is 316 g/mol. The van der Waals surface area contributed by atoms with E-state index in [4.69, 9.17) is 0 Å². The van der Waals surface area contributed by atoms with E-state index < -0.39 is 0 Å². The average Bonchev–Trinajstić information content (AvgIpc) is 3.15. The van der Waals surface area contributed by atoms with Gasteiger partial charge in [-0.1, -0.05) is 0 Å². The number of rotatable bonds is 2. The summed E-state index contributed by atoms with van der Waals surface area (Å²) >= 11 is 1.71. The molecule has 0 bridgehead atoms. The van der Waals surface area contributed by atoms with Crippen molar-refractivity contribution in [1.29, 1.82) is 0 Å². The second-order valence-electron chi connectivity index (χ2n) is 5.48. The Morgan fingerprint density at radius 2 is 2.18 bits per heavy atom. The van der Waals surface area contributed by atoms with Gasteiger partial charge in [0.2, 0.25) is 0 Å². The highest BCUT2D eigenvalue weighted by molar-refractivity contribution is 7.13. The molecule has 0 spiro atoms. The van der Waals surface area contributed by atoms with Crippen molar-refractivity contribution >= 4 is 27.9 Å². The molecule has 8 nitrogen and oxygen atoms in total. The van der Waals surface area contributed by atoms with Crippen molar-refractivity contribution in [3.63, 3.8) is 0 Å². The highest BCUT2D eigenvalue weighted by Crippen LogP contribution is 2.26. The van der Waals surface area contributed by atoms with Gasteiger partial charge >= 0.3 is 0 Å². The lowest BCUT2D eigenvalue weighted by Crippen LogP contribution is -2.52. The van der Waals surface area contributed by atoms with Crippen LogP contribution < -0.4 is 9.80 Å². The van der Waals surface area contributed by atoms with Gasteiger partial charge in [0.1, 0.15) is 0 Å². The van der Waals surface area contributed by atoms with Crippen LogP contribution in [-0.2, 0) is 0 Å². The van der Waals surface area contributed by atoms with Gasteiger partial charge in [-0.3, -0.25) is 0 Å². The van der Waals surface area contributed by atoms with E-state index in [0.29, 0.717) is 11.7 Å². The lowest BCUT2D eigenvalue weighted by atomic mass is 10.2. The van der Waals surface area contributed by atoms with Crippen LogP contribution in [0.5, 0.6) is 0 Å². The molecule has 3 aromatic heterocycles. The van der Waals surface area contributed by atoms with Gasteiger partial charge in [-0.2, -0.15) is 0 Å². The normalized spacial score (nSPS) is 19.1. The molecule has 3 aromatic rings. The largest absolute Gasteiger partial charge is 0.351 e. The monoisotopic (exact) mass is 316 g/mol. The molecule has 0 saturated carbocycles. The van der Waals surface area contributed by atoms with Gasteiger partial charge in [0.15, 0.2) is 16.6 Å². The first-order valence-electron chi connectivity index (χ1n) is 7.20. The zero-order chi connectivity index (χ0) is 15.1. The number of piperazine rings is 1. The second kappa shape index (κ2) is 5.16.